The second-order valence-electron chi connectivity index (χ2n) is 4.51. The van der Waals surface area contributed by atoms with Crippen molar-refractivity contribution in [3.63, 3.8) is 0 Å². The van der Waals surface area contributed by atoms with Gasteiger partial charge in [0.05, 0.1) is 16.1 Å². The van der Waals surface area contributed by atoms with Gasteiger partial charge in [0.25, 0.3) is 0 Å². The van der Waals surface area contributed by atoms with Crippen molar-refractivity contribution < 1.29 is 9.18 Å². The molecule has 0 unspecified atom stereocenters. The molecule has 0 aliphatic rings. The molecule has 22 heavy (non-hydrogen) atoms. The number of benzene rings is 2. The highest BCUT2D eigenvalue weighted by molar-refractivity contribution is 9.10. The average Bonchev–Trinajstić information content (AvgIpc) is 2.95. The molecule has 0 fully saturated rings. The summed E-state index contributed by atoms with van der Waals surface area (Å²) in [5, 5.41) is 12.1. The van der Waals surface area contributed by atoms with E-state index in [0.717, 1.165) is 10.8 Å². The molecule has 3 aromatic rings. The van der Waals surface area contributed by atoms with Crippen LogP contribution in [0.25, 0.3) is 10.1 Å². The maximum Gasteiger partial charge on any atom is 0.197 e. The Kier molecular flexibility index (Phi) is 4.00. The van der Waals surface area contributed by atoms with E-state index in [0.29, 0.717) is 9.86 Å². The van der Waals surface area contributed by atoms with E-state index >= 15 is 0 Å². The van der Waals surface area contributed by atoms with Gasteiger partial charge in [0.1, 0.15) is 11.9 Å². The molecule has 0 atom stereocenters. The van der Waals surface area contributed by atoms with Crippen LogP contribution < -0.4 is 0 Å². The number of carbonyl (C=O) groups is 1. The first-order valence-corrected chi connectivity index (χ1v) is 8.17. The highest BCUT2D eigenvalue weighted by atomic mass is 79.9. The third kappa shape index (κ3) is 2.44. The van der Waals surface area contributed by atoms with Crippen LogP contribution >= 0.6 is 38.9 Å². The number of hydrogen-bond donors (Lipinski definition) is 0. The van der Waals surface area contributed by atoms with Crippen LogP contribution in [0.3, 0.4) is 0 Å². The molecule has 108 valence electrons. The Morgan fingerprint density at radius 2 is 2.09 bits per heavy atom. The van der Waals surface area contributed by atoms with E-state index in [9.17, 15) is 14.4 Å². The summed E-state index contributed by atoms with van der Waals surface area (Å²) >= 11 is 10.8. The van der Waals surface area contributed by atoms with Crippen LogP contribution in [0.2, 0.25) is 5.02 Å². The van der Waals surface area contributed by atoms with Crippen molar-refractivity contribution in [2.75, 3.05) is 0 Å². The van der Waals surface area contributed by atoms with Crippen LogP contribution in [0.15, 0.2) is 40.2 Å². The molecule has 1 heterocycles. The van der Waals surface area contributed by atoms with Gasteiger partial charge in [-0.2, -0.15) is 5.26 Å². The van der Waals surface area contributed by atoms with Crippen molar-refractivity contribution in [2.45, 2.75) is 0 Å². The molecular formula is C16H6BrClFNOS. The zero-order valence-corrected chi connectivity index (χ0v) is 14.0. The van der Waals surface area contributed by atoms with Gasteiger partial charge >= 0.3 is 0 Å². The Morgan fingerprint density at radius 1 is 1.32 bits per heavy atom. The second kappa shape index (κ2) is 5.81. The van der Waals surface area contributed by atoms with Gasteiger partial charge in [0.2, 0.25) is 0 Å². The summed E-state index contributed by atoms with van der Waals surface area (Å²) in [7, 11) is 0. The monoisotopic (exact) mass is 393 g/mol. The summed E-state index contributed by atoms with van der Waals surface area (Å²) in [6.07, 6.45) is 0. The van der Waals surface area contributed by atoms with Gasteiger partial charge in [-0.15, -0.1) is 11.3 Å². The number of rotatable bonds is 2. The highest BCUT2D eigenvalue weighted by Gasteiger charge is 2.22. The lowest BCUT2D eigenvalue weighted by atomic mass is 9.96. The summed E-state index contributed by atoms with van der Waals surface area (Å²) in [5.74, 6) is -1.04. The number of nitrogens with zero attached hydrogens (tertiary/aromatic N) is 1. The average molecular weight is 395 g/mol. The summed E-state index contributed by atoms with van der Waals surface area (Å²) in [5.41, 5.74) is 0.491. The number of fused-ring (bicyclic) bond motifs is 1. The van der Waals surface area contributed by atoms with Gasteiger partial charge in [-0.3, -0.25) is 4.79 Å². The third-order valence-corrected chi connectivity index (χ3v) is 5.04. The summed E-state index contributed by atoms with van der Waals surface area (Å²) in [4.78, 5) is 12.8. The minimum atomic E-state index is -0.556. The van der Waals surface area contributed by atoms with Gasteiger partial charge in [-0.25, -0.2) is 4.39 Å². The number of carbonyl (C=O) groups excluding carboxylic acids is 1. The van der Waals surface area contributed by atoms with Gasteiger partial charge in [0, 0.05) is 20.1 Å². The first-order chi connectivity index (χ1) is 10.5. The number of nitriles is 1. The summed E-state index contributed by atoms with van der Waals surface area (Å²) < 4.78 is 14.8. The van der Waals surface area contributed by atoms with Gasteiger partial charge in [0.15, 0.2) is 5.78 Å². The van der Waals surface area contributed by atoms with Gasteiger partial charge in [-0.05, 0) is 51.6 Å². The molecule has 0 aliphatic heterocycles. The number of halogens is 3. The Bertz CT molecular complexity index is 961. The Hall–Kier alpha value is -1.74. The minimum Gasteiger partial charge on any atom is -0.288 e. The molecule has 0 saturated heterocycles. The molecule has 0 radical (unpaired) electrons. The fraction of sp³-hybridized carbons (Fsp3) is 0. The number of hydrogen-bond acceptors (Lipinski definition) is 3. The van der Waals surface area contributed by atoms with E-state index < -0.39 is 11.6 Å². The second-order valence-corrected chi connectivity index (χ2v) is 6.72. The molecule has 3 rings (SSSR count). The fourth-order valence-electron chi connectivity index (χ4n) is 2.22. The third-order valence-electron chi connectivity index (χ3n) is 3.22. The Balaban J connectivity index is 2.30. The first kappa shape index (κ1) is 15.2. The lowest BCUT2D eigenvalue weighted by Crippen LogP contribution is -2.07. The SMILES string of the molecule is N#Cc1c(C(=O)c2cc(F)ccc2Cl)c(Br)cc2sccc12. The molecule has 0 amide bonds. The Morgan fingerprint density at radius 3 is 2.82 bits per heavy atom. The van der Waals surface area contributed by atoms with Crippen molar-refractivity contribution >= 4 is 54.7 Å². The first-order valence-electron chi connectivity index (χ1n) is 6.12. The van der Waals surface area contributed by atoms with Crippen molar-refractivity contribution in [1.29, 1.82) is 5.26 Å². The van der Waals surface area contributed by atoms with Crippen LogP contribution in [-0.4, -0.2) is 5.78 Å². The van der Waals surface area contributed by atoms with Gasteiger partial charge in [-0.1, -0.05) is 11.6 Å². The van der Waals surface area contributed by atoms with E-state index in [-0.39, 0.29) is 21.7 Å². The molecule has 2 aromatic carbocycles. The lowest BCUT2D eigenvalue weighted by Gasteiger charge is -2.09. The fourth-order valence-corrected chi connectivity index (χ4v) is 4.02. The van der Waals surface area contributed by atoms with E-state index in [1.54, 1.807) is 12.1 Å². The molecule has 0 spiro atoms. The normalized spacial score (nSPS) is 10.6. The largest absolute Gasteiger partial charge is 0.288 e. The smallest absolute Gasteiger partial charge is 0.197 e. The zero-order chi connectivity index (χ0) is 15.9. The predicted molar refractivity (Wildman–Crippen MR) is 89.1 cm³/mol. The lowest BCUT2D eigenvalue weighted by molar-refractivity contribution is 0.103. The Labute approximate surface area is 142 Å². The molecule has 0 aliphatic carbocycles. The highest BCUT2D eigenvalue weighted by Crippen LogP contribution is 2.34. The minimum absolute atomic E-state index is 0.0356. The van der Waals surface area contributed by atoms with Crippen LogP contribution in [0.5, 0.6) is 0 Å². The van der Waals surface area contributed by atoms with Crippen molar-refractivity contribution in [3.8, 4) is 6.07 Å². The molecule has 0 bridgehead atoms. The molecule has 2 nitrogen and oxygen atoms in total. The maximum atomic E-state index is 13.4. The standard InChI is InChI=1S/C16H6BrClFNOS/c17-12-6-14-9(3-4-22-14)11(7-20)15(12)16(21)10-5-8(19)1-2-13(10)18/h1-6H. The summed E-state index contributed by atoms with van der Waals surface area (Å²) in [6.45, 7) is 0. The molecule has 6 heteroatoms. The zero-order valence-electron chi connectivity index (χ0n) is 10.9. The van der Waals surface area contributed by atoms with Crippen molar-refractivity contribution in [3.05, 3.63) is 67.7 Å². The van der Waals surface area contributed by atoms with E-state index in [1.807, 2.05) is 5.38 Å². The molecular weight excluding hydrogens is 389 g/mol. The van der Waals surface area contributed by atoms with Crippen LogP contribution in [0, 0.1) is 17.1 Å². The van der Waals surface area contributed by atoms with E-state index in [1.165, 1.54) is 23.5 Å². The summed E-state index contributed by atoms with van der Waals surface area (Å²) in [6, 6.07) is 9.22. The maximum absolute atomic E-state index is 13.4. The topological polar surface area (TPSA) is 40.9 Å². The van der Waals surface area contributed by atoms with Crippen molar-refractivity contribution in [2.24, 2.45) is 0 Å². The number of thiophene rings is 1. The molecule has 1 aromatic heterocycles. The van der Waals surface area contributed by atoms with Crippen LogP contribution in [0.1, 0.15) is 21.5 Å². The van der Waals surface area contributed by atoms with Crippen LogP contribution in [0.4, 0.5) is 4.39 Å². The molecule has 0 saturated carbocycles. The quantitative estimate of drug-likeness (QED) is 0.534. The van der Waals surface area contributed by atoms with Crippen molar-refractivity contribution in [1.82, 2.24) is 0 Å². The van der Waals surface area contributed by atoms with E-state index in [4.69, 9.17) is 11.6 Å². The van der Waals surface area contributed by atoms with Gasteiger partial charge < -0.3 is 0 Å². The molecule has 0 N–H and O–H groups in total. The predicted octanol–water partition coefficient (Wildman–Crippen LogP) is 5.56. The number of ketones is 1. The van der Waals surface area contributed by atoms with E-state index in [2.05, 4.69) is 22.0 Å². The van der Waals surface area contributed by atoms with Crippen LogP contribution in [-0.2, 0) is 0 Å².